The van der Waals surface area contributed by atoms with Gasteiger partial charge in [0.1, 0.15) is 29.2 Å². The summed E-state index contributed by atoms with van der Waals surface area (Å²) >= 11 is 0. The third-order valence-electron chi connectivity index (χ3n) is 4.76. The van der Waals surface area contributed by atoms with Gasteiger partial charge in [-0.3, -0.25) is 4.79 Å². The highest BCUT2D eigenvalue weighted by atomic mass is 16.5. The molecule has 1 saturated carbocycles. The molecule has 0 unspecified atom stereocenters. The molecule has 0 N–H and O–H groups in total. The smallest absolute Gasteiger partial charge is 0.332 e. The number of benzene rings is 1. The fourth-order valence-electron chi connectivity index (χ4n) is 3.61. The Morgan fingerprint density at radius 2 is 1.78 bits per heavy atom. The molecule has 1 heterocycles. The van der Waals surface area contributed by atoms with Crippen molar-refractivity contribution >= 4 is 11.9 Å². The number of hydrogen-bond donors (Lipinski definition) is 0. The molecule has 0 bridgehead atoms. The minimum Gasteiger partial charge on any atom is -0.496 e. The lowest BCUT2D eigenvalue weighted by Gasteiger charge is -2.42. The molecule has 1 spiro atoms. The lowest BCUT2D eigenvalue weighted by Crippen LogP contribution is -2.60. The Labute approximate surface area is 135 Å². The maximum absolute atomic E-state index is 13.2. The molecule has 1 aromatic carbocycles. The molecule has 6 nitrogen and oxygen atoms in total. The van der Waals surface area contributed by atoms with E-state index in [9.17, 15) is 9.59 Å². The average Bonchev–Trinajstić information content (AvgIpc) is 3.06. The second-order valence-electron chi connectivity index (χ2n) is 5.87. The number of ether oxygens (including phenoxy) is 3. The van der Waals surface area contributed by atoms with Crippen LogP contribution in [-0.2, 0) is 9.53 Å². The predicted molar refractivity (Wildman–Crippen MR) is 82.7 cm³/mol. The summed E-state index contributed by atoms with van der Waals surface area (Å²) in [5.74, 6) is 0.365. The van der Waals surface area contributed by atoms with Gasteiger partial charge in [0.25, 0.3) is 5.91 Å². The maximum atomic E-state index is 13.2. The summed E-state index contributed by atoms with van der Waals surface area (Å²) in [6.07, 6.45) is 3.13. The molecule has 1 aliphatic carbocycles. The first-order valence-corrected chi connectivity index (χ1v) is 7.84. The molecule has 0 aromatic heterocycles. The molecule has 0 radical (unpaired) electrons. The van der Waals surface area contributed by atoms with Gasteiger partial charge in [0.15, 0.2) is 0 Å². The average molecular weight is 319 g/mol. The Kier molecular flexibility index (Phi) is 4.15. The van der Waals surface area contributed by atoms with E-state index in [4.69, 9.17) is 14.2 Å². The summed E-state index contributed by atoms with van der Waals surface area (Å²) in [7, 11) is 3.03. The van der Waals surface area contributed by atoms with Crippen LogP contribution in [0.1, 0.15) is 36.0 Å². The zero-order chi connectivity index (χ0) is 16.4. The van der Waals surface area contributed by atoms with Crippen molar-refractivity contribution in [2.24, 2.45) is 0 Å². The van der Waals surface area contributed by atoms with Crippen LogP contribution in [0.15, 0.2) is 18.2 Å². The number of cyclic esters (lactones) is 1. The monoisotopic (exact) mass is 319 g/mol. The molecule has 6 heteroatoms. The SMILES string of the molecule is COc1cccc(OC)c1C(=O)N1CCOC(=O)C12CCCC2. The first-order valence-electron chi connectivity index (χ1n) is 7.84. The van der Waals surface area contributed by atoms with Gasteiger partial charge in [0, 0.05) is 0 Å². The van der Waals surface area contributed by atoms with E-state index in [-0.39, 0.29) is 18.5 Å². The second kappa shape index (κ2) is 6.10. The molecule has 2 fully saturated rings. The number of esters is 1. The van der Waals surface area contributed by atoms with Crippen molar-refractivity contribution in [3.63, 3.8) is 0 Å². The first kappa shape index (κ1) is 15.6. The number of carbonyl (C=O) groups excluding carboxylic acids is 2. The number of rotatable bonds is 3. The van der Waals surface area contributed by atoms with E-state index in [1.165, 1.54) is 14.2 Å². The van der Waals surface area contributed by atoms with E-state index in [2.05, 4.69) is 0 Å². The highest BCUT2D eigenvalue weighted by molar-refractivity contribution is 6.03. The Bertz CT molecular complexity index is 599. The lowest BCUT2D eigenvalue weighted by atomic mass is 9.92. The van der Waals surface area contributed by atoms with Gasteiger partial charge in [0.2, 0.25) is 0 Å². The van der Waals surface area contributed by atoms with Crippen molar-refractivity contribution in [1.29, 1.82) is 0 Å². The molecule has 124 valence electrons. The van der Waals surface area contributed by atoms with Crippen molar-refractivity contribution in [1.82, 2.24) is 4.90 Å². The van der Waals surface area contributed by atoms with Crippen molar-refractivity contribution in [2.75, 3.05) is 27.4 Å². The normalized spacial score (nSPS) is 19.6. The third kappa shape index (κ3) is 2.42. The summed E-state index contributed by atoms with van der Waals surface area (Å²) in [4.78, 5) is 27.3. The van der Waals surface area contributed by atoms with E-state index in [1.807, 2.05) is 0 Å². The summed E-state index contributed by atoms with van der Waals surface area (Å²) < 4.78 is 15.9. The number of carbonyl (C=O) groups is 2. The van der Waals surface area contributed by atoms with Crippen LogP contribution < -0.4 is 9.47 Å². The number of methoxy groups -OCH3 is 2. The molecular weight excluding hydrogens is 298 g/mol. The summed E-state index contributed by atoms with van der Waals surface area (Å²) in [5, 5.41) is 0. The van der Waals surface area contributed by atoms with E-state index < -0.39 is 5.54 Å². The number of hydrogen-bond acceptors (Lipinski definition) is 5. The first-order chi connectivity index (χ1) is 11.1. The van der Waals surface area contributed by atoms with E-state index >= 15 is 0 Å². The molecule has 3 rings (SSSR count). The van der Waals surface area contributed by atoms with Crippen LogP contribution >= 0.6 is 0 Å². The molecule has 0 atom stereocenters. The molecule has 1 amide bonds. The fourth-order valence-corrected chi connectivity index (χ4v) is 3.61. The molecule has 1 aliphatic heterocycles. The van der Waals surface area contributed by atoms with Gasteiger partial charge in [-0.15, -0.1) is 0 Å². The summed E-state index contributed by atoms with van der Waals surface area (Å²) in [6, 6.07) is 5.21. The predicted octanol–water partition coefficient (Wildman–Crippen LogP) is 2.02. The van der Waals surface area contributed by atoms with Crippen molar-refractivity contribution in [2.45, 2.75) is 31.2 Å². The molecular formula is C17H21NO5. The van der Waals surface area contributed by atoms with Crippen LogP contribution in [0.4, 0.5) is 0 Å². The van der Waals surface area contributed by atoms with E-state index in [0.717, 1.165) is 12.8 Å². The Hall–Kier alpha value is -2.24. The topological polar surface area (TPSA) is 65.1 Å². The van der Waals surface area contributed by atoms with Crippen LogP contribution in [0.5, 0.6) is 11.5 Å². The highest BCUT2D eigenvalue weighted by Gasteiger charge is 2.52. The second-order valence-corrected chi connectivity index (χ2v) is 5.87. The van der Waals surface area contributed by atoms with Crippen LogP contribution in [0.2, 0.25) is 0 Å². The van der Waals surface area contributed by atoms with Gasteiger partial charge >= 0.3 is 5.97 Å². The summed E-state index contributed by atoms with van der Waals surface area (Å²) in [5.41, 5.74) is -0.472. The number of amides is 1. The van der Waals surface area contributed by atoms with Gasteiger partial charge in [0.05, 0.1) is 20.8 Å². The molecule has 1 aromatic rings. The molecule has 2 aliphatic rings. The standard InChI is InChI=1S/C17H21NO5/c1-21-12-6-5-7-13(22-2)14(12)15(19)18-10-11-23-16(20)17(18)8-3-4-9-17/h5-7H,3-4,8-11H2,1-2H3. The van der Waals surface area contributed by atoms with Crippen molar-refractivity contribution in [3.8, 4) is 11.5 Å². The molecule has 1 saturated heterocycles. The fraction of sp³-hybridized carbons (Fsp3) is 0.529. The number of nitrogens with zero attached hydrogens (tertiary/aromatic N) is 1. The van der Waals surface area contributed by atoms with Gasteiger partial charge in [-0.2, -0.15) is 0 Å². The van der Waals surface area contributed by atoms with Crippen molar-refractivity contribution < 1.29 is 23.8 Å². The van der Waals surface area contributed by atoms with Crippen molar-refractivity contribution in [3.05, 3.63) is 23.8 Å². The van der Waals surface area contributed by atoms with Crippen LogP contribution in [0.25, 0.3) is 0 Å². The maximum Gasteiger partial charge on any atom is 0.332 e. The van der Waals surface area contributed by atoms with Gasteiger partial charge < -0.3 is 19.1 Å². The largest absolute Gasteiger partial charge is 0.496 e. The van der Waals surface area contributed by atoms with Gasteiger partial charge in [-0.25, -0.2) is 4.79 Å². The van der Waals surface area contributed by atoms with Gasteiger partial charge in [-0.05, 0) is 25.0 Å². The van der Waals surface area contributed by atoms with Crippen LogP contribution in [0.3, 0.4) is 0 Å². The lowest BCUT2D eigenvalue weighted by molar-refractivity contribution is -0.164. The summed E-state index contributed by atoms with van der Waals surface area (Å²) in [6.45, 7) is 0.621. The Morgan fingerprint density at radius 1 is 1.17 bits per heavy atom. The van der Waals surface area contributed by atoms with Crippen LogP contribution in [0, 0.1) is 0 Å². The number of morpholine rings is 1. The zero-order valence-electron chi connectivity index (χ0n) is 13.5. The Morgan fingerprint density at radius 3 is 2.35 bits per heavy atom. The third-order valence-corrected chi connectivity index (χ3v) is 4.76. The zero-order valence-corrected chi connectivity index (χ0v) is 13.5. The van der Waals surface area contributed by atoms with E-state index in [1.54, 1.807) is 23.1 Å². The van der Waals surface area contributed by atoms with Gasteiger partial charge in [-0.1, -0.05) is 18.9 Å². The Balaban J connectivity index is 2.04. The minimum absolute atomic E-state index is 0.226. The quantitative estimate of drug-likeness (QED) is 0.798. The van der Waals surface area contributed by atoms with Crippen LogP contribution in [-0.4, -0.2) is 49.7 Å². The highest BCUT2D eigenvalue weighted by Crippen LogP contribution is 2.41. The van der Waals surface area contributed by atoms with E-state index in [0.29, 0.717) is 36.4 Å². The molecule has 23 heavy (non-hydrogen) atoms. The minimum atomic E-state index is -0.832.